The topological polar surface area (TPSA) is 84.5 Å². The van der Waals surface area contributed by atoms with Crippen molar-refractivity contribution in [2.75, 3.05) is 11.9 Å². The summed E-state index contributed by atoms with van der Waals surface area (Å²) in [6, 6.07) is 13.3. The molecule has 0 fully saturated rings. The molecule has 0 radical (unpaired) electrons. The molecule has 0 aliphatic rings. The molecule has 0 bridgehead atoms. The zero-order valence-electron chi connectivity index (χ0n) is 16.9. The first-order chi connectivity index (χ1) is 14.6. The van der Waals surface area contributed by atoms with Crippen LogP contribution in [-0.2, 0) is 25.3 Å². The van der Waals surface area contributed by atoms with Crippen LogP contribution < -0.4 is 10.6 Å². The normalized spacial score (nSPS) is 12.0. The van der Waals surface area contributed by atoms with Crippen LogP contribution in [-0.4, -0.2) is 24.4 Å². The van der Waals surface area contributed by atoms with E-state index in [4.69, 9.17) is 4.74 Å². The highest BCUT2D eigenvalue weighted by atomic mass is 19.4. The van der Waals surface area contributed by atoms with E-state index in [2.05, 4.69) is 10.6 Å². The van der Waals surface area contributed by atoms with Crippen LogP contribution in [0.4, 0.5) is 18.9 Å². The number of carbonyl (C=O) groups excluding carboxylic acids is 3. The third-order valence-electron chi connectivity index (χ3n) is 4.30. The van der Waals surface area contributed by atoms with E-state index in [0.29, 0.717) is 0 Å². The van der Waals surface area contributed by atoms with E-state index in [1.807, 2.05) is 30.3 Å². The fourth-order valence-electron chi connectivity index (χ4n) is 2.72. The maximum atomic E-state index is 12.7. The second kappa shape index (κ2) is 11.1. The Labute approximate surface area is 177 Å². The number of hydrogen-bond acceptors (Lipinski definition) is 4. The first kappa shape index (κ1) is 23.9. The van der Waals surface area contributed by atoms with E-state index in [-0.39, 0.29) is 31.0 Å². The SMILES string of the molecule is C[C@H](NC(=O)COC(=O)CCCC(=O)Nc1cccc(C(F)(F)F)c1)c1ccccc1. The van der Waals surface area contributed by atoms with E-state index in [0.717, 1.165) is 17.7 Å². The van der Waals surface area contributed by atoms with Crippen LogP contribution in [0.1, 0.15) is 43.4 Å². The monoisotopic (exact) mass is 436 g/mol. The number of hydrogen-bond donors (Lipinski definition) is 2. The van der Waals surface area contributed by atoms with Gasteiger partial charge in [0, 0.05) is 18.5 Å². The molecule has 0 spiro atoms. The standard InChI is InChI=1S/C22H23F3N2O4/c1-15(16-7-3-2-4-8-16)26-20(29)14-31-21(30)12-6-11-19(28)27-18-10-5-9-17(13-18)22(23,24)25/h2-5,7-10,13,15H,6,11-12,14H2,1H3,(H,26,29)(H,27,28)/t15-/m0/s1. The summed E-state index contributed by atoms with van der Waals surface area (Å²) in [5, 5.41) is 5.07. The number of ether oxygens (including phenoxy) is 1. The average Bonchev–Trinajstić information content (AvgIpc) is 2.72. The predicted octanol–water partition coefficient (Wildman–Crippen LogP) is 4.23. The van der Waals surface area contributed by atoms with E-state index in [9.17, 15) is 27.6 Å². The van der Waals surface area contributed by atoms with Crippen LogP contribution in [0.2, 0.25) is 0 Å². The molecule has 2 aromatic rings. The minimum atomic E-state index is -4.50. The van der Waals surface area contributed by atoms with Crippen LogP contribution in [0.5, 0.6) is 0 Å². The molecule has 0 aliphatic carbocycles. The van der Waals surface area contributed by atoms with Crippen molar-refractivity contribution >= 4 is 23.5 Å². The Hall–Kier alpha value is -3.36. The predicted molar refractivity (Wildman–Crippen MR) is 108 cm³/mol. The van der Waals surface area contributed by atoms with Gasteiger partial charge in [-0.25, -0.2) is 0 Å². The summed E-state index contributed by atoms with van der Waals surface area (Å²) in [6.45, 7) is 1.37. The van der Waals surface area contributed by atoms with Gasteiger partial charge in [0.1, 0.15) is 0 Å². The highest BCUT2D eigenvalue weighted by molar-refractivity contribution is 5.91. The molecule has 166 valence electrons. The van der Waals surface area contributed by atoms with Gasteiger partial charge < -0.3 is 15.4 Å². The molecule has 0 aromatic heterocycles. The van der Waals surface area contributed by atoms with Crippen molar-refractivity contribution in [3.8, 4) is 0 Å². The minimum Gasteiger partial charge on any atom is -0.456 e. The lowest BCUT2D eigenvalue weighted by atomic mass is 10.1. The number of halogens is 3. The van der Waals surface area contributed by atoms with Crippen LogP contribution in [0.3, 0.4) is 0 Å². The lowest BCUT2D eigenvalue weighted by molar-refractivity contribution is -0.148. The first-order valence-electron chi connectivity index (χ1n) is 9.62. The van der Waals surface area contributed by atoms with Gasteiger partial charge in [-0.05, 0) is 37.1 Å². The van der Waals surface area contributed by atoms with Gasteiger partial charge >= 0.3 is 12.1 Å². The third kappa shape index (κ3) is 8.49. The van der Waals surface area contributed by atoms with Crippen molar-refractivity contribution in [3.05, 3.63) is 65.7 Å². The zero-order valence-corrected chi connectivity index (χ0v) is 16.9. The molecule has 0 heterocycles. The maximum absolute atomic E-state index is 12.7. The molecular weight excluding hydrogens is 413 g/mol. The summed E-state index contributed by atoms with van der Waals surface area (Å²) in [5.74, 6) is -1.62. The van der Waals surface area contributed by atoms with Gasteiger partial charge in [-0.1, -0.05) is 36.4 Å². The molecular formula is C22H23F3N2O4. The first-order valence-corrected chi connectivity index (χ1v) is 9.62. The number of benzene rings is 2. The van der Waals surface area contributed by atoms with Crippen molar-refractivity contribution < 1.29 is 32.3 Å². The van der Waals surface area contributed by atoms with E-state index >= 15 is 0 Å². The Balaban J connectivity index is 1.66. The van der Waals surface area contributed by atoms with Gasteiger partial charge in [0.2, 0.25) is 5.91 Å². The van der Waals surface area contributed by atoms with E-state index < -0.39 is 36.1 Å². The number of nitrogens with one attached hydrogen (secondary N) is 2. The number of alkyl halides is 3. The molecule has 0 aliphatic heterocycles. The number of rotatable bonds is 9. The molecule has 2 rings (SSSR count). The highest BCUT2D eigenvalue weighted by Crippen LogP contribution is 2.30. The molecule has 0 saturated heterocycles. The highest BCUT2D eigenvalue weighted by Gasteiger charge is 2.30. The summed E-state index contributed by atoms with van der Waals surface area (Å²) in [4.78, 5) is 35.5. The summed E-state index contributed by atoms with van der Waals surface area (Å²) in [6.07, 6.45) is -4.55. The molecule has 2 amide bonds. The smallest absolute Gasteiger partial charge is 0.416 e. The Morgan fingerprint density at radius 1 is 0.968 bits per heavy atom. The molecule has 0 unspecified atom stereocenters. The molecule has 1 atom stereocenters. The number of carbonyl (C=O) groups is 3. The Morgan fingerprint density at radius 2 is 1.68 bits per heavy atom. The summed E-state index contributed by atoms with van der Waals surface area (Å²) in [7, 11) is 0. The van der Waals surface area contributed by atoms with Gasteiger partial charge in [0.05, 0.1) is 11.6 Å². The second-order valence-electron chi connectivity index (χ2n) is 6.84. The number of esters is 1. The lowest BCUT2D eigenvalue weighted by Crippen LogP contribution is -2.31. The van der Waals surface area contributed by atoms with Crippen LogP contribution in [0.25, 0.3) is 0 Å². The Kier molecular flexibility index (Phi) is 8.60. The molecule has 2 aromatic carbocycles. The molecule has 6 nitrogen and oxygen atoms in total. The van der Waals surface area contributed by atoms with Gasteiger partial charge in [-0.3, -0.25) is 14.4 Å². The van der Waals surface area contributed by atoms with Gasteiger partial charge in [0.25, 0.3) is 5.91 Å². The van der Waals surface area contributed by atoms with Crippen LogP contribution in [0, 0.1) is 0 Å². The average molecular weight is 436 g/mol. The number of anilines is 1. The quantitative estimate of drug-likeness (QED) is 0.576. The summed E-state index contributed by atoms with van der Waals surface area (Å²) in [5.41, 5.74) is 0.0642. The number of amides is 2. The minimum absolute atomic E-state index is 0.0200. The van der Waals surface area contributed by atoms with Crippen LogP contribution >= 0.6 is 0 Å². The van der Waals surface area contributed by atoms with Gasteiger partial charge in [-0.15, -0.1) is 0 Å². The van der Waals surface area contributed by atoms with Crippen molar-refractivity contribution in [1.29, 1.82) is 0 Å². The lowest BCUT2D eigenvalue weighted by Gasteiger charge is -2.14. The van der Waals surface area contributed by atoms with Gasteiger partial charge in [0.15, 0.2) is 6.61 Å². The van der Waals surface area contributed by atoms with Crippen molar-refractivity contribution in [2.24, 2.45) is 0 Å². The Bertz CT molecular complexity index is 901. The van der Waals surface area contributed by atoms with Crippen molar-refractivity contribution in [2.45, 2.75) is 38.4 Å². The molecule has 2 N–H and O–H groups in total. The van der Waals surface area contributed by atoms with Crippen LogP contribution in [0.15, 0.2) is 54.6 Å². The molecule has 0 saturated carbocycles. The van der Waals surface area contributed by atoms with E-state index in [1.54, 1.807) is 6.92 Å². The van der Waals surface area contributed by atoms with Crippen molar-refractivity contribution in [1.82, 2.24) is 5.32 Å². The third-order valence-corrected chi connectivity index (χ3v) is 4.30. The van der Waals surface area contributed by atoms with Crippen molar-refractivity contribution in [3.63, 3.8) is 0 Å². The second-order valence-corrected chi connectivity index (χ2v) is 6.84. The largest absolute Gasteiger partial charge is 0.456 e. The fraction of sp³-hybridized carbons (Fsp3) is 0.318. The van der Waals surface area contributed by atoms with Gasteiger partial charge in [-0.2, -0.15) is 13.2 Å². The van der Waals surface area contributed by atoms with E-state index in [1.165, 1.54) is 12.1 Å². The molecule has 31 heavy (non-hydrogen) atoms. The molecule has 9 heteroatoms. The zero-order chi connectivity index (χ0) is 22.9. The summed E-state index contributed by atoms with van der Waals surface area (Å²) < 4.78 is 43.0. The fourth-order valence-corrected chi connectivity index (χ4v) is 2.72. The Morgan fingerprint density at radius 3 is 2.35 bits per heavy atom. The summed E-state index contributed by atoms with van der Waals surface area (Å²) >= 11 is 0. The maximum Gasteiger partial charge on any atom is 0.416 e.